The van der Waals surface area contributed by atoms with E-state index in [1.807, 2.05) is 11.6 Å². The van der Waals surface area contributed by atoms with E-state index in [0.29, 0.717) is 30.0 Å². The van der Waals surface area contributed by atoms with Gasteiger partial charge in [-0.05, 0) is 6.92 Å². The summed E-state index contributed by atoms with van der Waals surface area (Å²) in [5, 5.41) is 16.8. The maximum absolute atomic E-state index is 12.3. The van der Waals surface area contributed by atoms with Gasteiger partial charge in [0.1, 0.15) is 11.4 Å². The Morgan fingerprint density at radius 2 is 2.04 bits per heavy atom. The molecule has 0 unspecified atom stereocenters. The average molecular weight is 357 g/mol. The first-order chi connectivity index (χ1) is 12.4. The molecule has 0 radical (unpaired) electrons. The summed E-state index contributed by atoms with van der Waals surface area (Å²) in [6.07, 6.45) is 3.20. The molecule has 0 bridgehead atoms. The van der Waals surface area contributed by atoms with Crippen LogP contribution in [0.2, 0.25) is 0 Å². The average Bonchev–Trinajstić information content (AvgIpc) is 3.16. The first-order valence-corrected chi connectivity index (χ1v) is 8.53. The molecule has 0 fully saturated rings. The minimum Gasteiger partial charge on any atom is -0.462 e. The summed E-state index contributed by atoms with van der Waals surface area (Å²) in [4.78, 5) is 16.7. The number of carbonyl (C=O) groups excluding carboxylic acids is 1. The van der Waals surface area contributed by atoms with Crippen LogP contribution in [0.1, 0.15) is 48.7 Å². The number of fused-ring (bicyclic) bond motifs is 1. The maximum atomic E-state index is 12.3. The number of ether oxygens (including phenoxy) is 1. The van der Waals surface area contributed by atoms with Crippen LogP contribution in [0.4, 0.5) is 5.69 Å². The summed E-state index contributed by atoms with van der Waals surface area (Å²) < 4.78 is 8.78. The fourth-order valence-corrected chi connectivity index (χ4v) is 2.85. The minimum absolute atomic E-state index is 0.280. The highest BCUT2D eigenvalue weighted by atomic mass is 16.5. The maximum Gasteiger partial charge on any atom is 0.341 e. The molecule has 0 amide bonds. The van der Waals surface area contributed by atoms with E-state index in [1.165, 1.54) is 6.20 Å². The normalized spacial score (nSPS) is 11.3. The smallest absolute Gasteiger partial charge is 0.341 e. The highest BCUT2D eigenvalue weighted by Crippen LogP contribution is 2.27. The van der Waals surface area contributed by atoms with Crippen molar-refractivity contribution in [3.05, 3.63) is 29.6 Å². The predicted molar refractivity (Wildman–Crippen MR) is 96.9 cm³/mol. The Hall–Kier alpha value is -2.97. The van der Waals surface area contributed by atoms with E-state index in [4.69, 9.17) is 4.74 Å². The Balaban J connectivity index is 1.97. The topological polar surface area (TPSA) is 99.8 Å². The second-order valence-corrected chi connectivity index (χ2v) is 6.31. The predicted octanol–water partition coefficient (Wildman–Crippen LogP) is 2.01. The number of pyridine rings is 1. The molecule has 3 rings (SSSR count). The Bertz CT molecular complexity index is 942. The third-order valence-electron chi connectivity index (χ3n) is 4.20. The number of hydrogen-bond donors (Lipinski definition) is 1. The number of aromatic nitrogens is 6. The number of anilines is 1. The van der Waals surface area contributed by atoms with Gasteiger partial charge in [-0.15, -0.1) is 10.2 Å². The monoisotopic (exact) mass is 357 g/mol. The second kappa shape index (κ2) is 7.11. The van der Waals surface area contributed by atoms with Crippen molar-refractivity contribution in [3.63, 3.8) is 0 Å². The summed E-state index contributed by atoms with van der Waals surface area (Å²) in [5.41, 5.74) is 1.69. The van der Waals surface area contributed by atoms with Gasteiger partial charge in [0.2, 0.25) is 0 Å². The van der Waals surface area contributed by atoms with Gasteiger partial charge < -0.3 is 14.6 Å². The summed E-state index contributed by atoms with van der Waals surface area (Å²) in [6.45, 7) is 6.62. The van der Waals surface area contributed by atoms with Gasteiger partial charge in [-0.2, -0.15) is 5.10 Å². The fourth-order valence-electron chi connectivity index (χ4n) is 2.85. The van der Waals surface area contributed by atoms with E-state index in [-0.39, 0.29) is 5.92 Å². The first kappa shape index (κ1) is 17.8. The lowest BCUT2D eigenvalue weighted by Crippen LogP contribution is -2.13. The van der Waals surface area contributed by atoms with Gasteiger partial charge in [0, 0.05) is 26.2 Å². The molecule has 3 heterocycles. The number of aryl methyl sites for hydroxylation is 1. The highest BCUT2D eigenvalue weighted by molar-refractivity contribution is 6.04. The van der Waals surface area contributed by atoms with E-state index in [9.17, 15) is 4.79 Å². The van der Waals surface area contributed by atoms with Gasteiger partial charge in [-0.3, -0.25) is 4.68 Å². The van der Waals surface area contributed by atoms with Crippen molar-refractivity contribution in [1.29, 1.82) is 0 Å². The van der Waals surface area contributed by atoms with Crippen LogP contribution < -0.4 is 5.32 Å². The van der Waals surface area contributed by atoms with E-state index in [2.05, 4.69) is 39.4 Å². The van der Waals surface area contributed by atoms with E-state index >= 15 is 0 Å². The van der Waals surface area contributed by atoms with Crippen molar-refractivity contribution in [2.75, 3.05) is 11.9 Å². The van der Waals surface area contributed by atoms with Crippen molar-refractivity contribution < 1.29 is 9.53 Å². The number of hydrogen-bond acceptors (Lipinski definition) is 7. The molecular formula is C17H23N7O2. The molecule has 9 nitrogen and oxygen atoms in total. The zero-order chi connectivity index (χ0) is 18.8. The van der Waals surface area contributed by atoms with Crippen LogP contribution in [-0.2, 0) is 25.4 Å². The van der Waals surface area contributed by atoms with Crippen LogP contribution in [0.25, 0.3) is 11.0 Å². The van der Waals surface area contributed by atoms with Gasteiger partial charge in [0.15, 0.2) is 11.5 Å². The van der Waals surface area contributed by atoms with Crippen molar-refractivity contribution in [2.24, 2.45) is 14.1 Å². The van der Waals surface area contributed by atoms with Crippen molar-refractivity contribution in [1.82, 2.24) is 29.5 Å². The van der Waals surface area contributed by atoms with Crippen LogP contribution in [-0.4, -0.2) is 42.1 Å². The third kappa shape index (κ3) is 3.12. The standard InChI is InChI=1S/C17H23N7O2/c1-6-26-17(25)12-7-19-16-11(8-20-24(16)5)14(12)18-9-13-21-22-15(10(2)3)23(13)4/h7-8,10H,6,9H2,1-5H3,(H,18,19). The Morgan fingerprint density at radius 1 is 1.27 bits per heavy atom. The van der Waals surface area contributed by atoms with Gasteiger partial charge in [0.25, 0.3) is 0 Å². The molecule has 3 aromatic heterocycles. The molecule has 0 atom stereocenters. The number of rotatable bonds is 6. The van der Waals surface area contributed by atoms with Crippen LogP contribution in [0.15, 0.2) is 12.4 Å². The lowest BCUT2D eigenvalue weighted by molar-refractivity contribution is 0.0527. The number of carbonyl (C=O) groups is 1. The van der Waals surface area contributed by atoms with Gasteiger partial charge in [-0.1, -0.05) is 13.8 Å². The number of esters is 1. The Kier molecular flexibility index (Phi) is 4.88. The molecule has 0 saturated heterocycles. The van der Waals surface area contributed by atoms with E-state index in [0.717, 1.165) is 17.0 Å². The molecule has 138 valence electrons. The summed E-state index contributed by atoms with van der Waals surface area (Å²) in [6, 6.07) is 0. The molecule has 26 heavy (non-hydrogen) atoms. The molecule has 3 aromatic rings. The van der Waals surface area contributed by atoms with Gasteiger partial charge in [-0.25, -0.2) is 9.78 Å². The van der Waals surface area contributed by atoms with Crippen molar-refractivity contribution in [2.45, 2.75) is 33.2 Å². The lowest BCUT2D eigenvalue weighted by atomic mass is 10.2. The summed E-state index contributed by atoms with van der Waals surface area (Å²) in [5.74, 6) is 1.54. The van der Waals surface area contributed by atoms with Crippen LogP contribution in [0.3, 0.4) is 0 Å². The molecule has 0 spiro atoms. The number of nitrogens with zero attached hydrogens (tertiary/aromatic N) is 6. The van der Waals surface area contributed by atoms with Crippen molar-refractivity contribution in [3.8, 4) is 0 Å². The Labute approximate surface area is 151 Å². The number of nitrogens with one attached hydrogen (secondary N) is 1. The second-order valence-electron chi connectivity index (χ2n) is 6.31. The zero-order valence-corrected chi connectivity index (χ0v) is 15.6. The van der Waals surface area contributed by atoms with E-state index < -0.39 is 5.97 Å². The van der Waals surface area contributed by atoms with Crippen LogP contribution in [0.5, 0.6) is 0 Å². The van der Waals surface area contributed by atoms with Crippen LogP contribution in [0, 0.1) is 0 Å². The van der Waals surface area contributed by atoms with Crippen LogP contribution >= 0.6 is 0 Å². The molecule has 0 saturated carbocycles. The van der Waals surface area contributed by atoms with Gasteiger partial charge in [0.05, 0.1) is 30.4 Å². The SMILES string of the molecule is CCOC(=O)c1cnc2c(cnn2C)c1NCc1nnc(C(C)C)n1C. The third-order valence-corrected chi connectivity index (χ3v) is 4.20. The highest BCUT2D eigenvalue weighted by Gasteiger charge is 2.19. The zero-order valence-electron chi connectivity index (χ0n) is 15.6. The molecule has 1 N–H and O–H groups in total. The van der Waals surface area contributed by atoms with Crippen molar-refractivity contribution >= 4 is 22.7 Å². The first-order valence-electron chi connectivity index (χ1n) is 8.53. The summed E-state index contributed by atoms with van der Waals surface area (Å²) >= 11 is 0. The summed E-state index contributed by atoms with van der Waals surface area (Å²) in [7, 11) is 3.74. The lowest BCUT2D eigenvalue weighted by Gasteiger charge is -2.12. The quantitative estimate of drug-likeness (QED) is 0.674. The Morgan fingerprint density at radius 3 is 2.69 bits per heavy atom. The van der Waals surface area contributed by atoms with Gasteiger partial charge >= 0.3 is 5.97 Å². The molecule has 0 aliphatic heterocycles. The minimum atomic E-state index is -0.422. The molecule has 0 aliphatic rings. The molecular weight excluding hydrogens is 334 g/mol. The largest absolute Gasteiger partial charge is 0.462 e. The van der Waals surface area contributed by atoms with E-state index in [1.54, 1.807) is 24.9 Å². The molecule has 9 heteroatoms. The molecule has 0 aliphatic carbocycles. The molecule has 0 aromatic carbocycles. The fraction of sp³-hybridized carbons (Fsp3) is 0.471.